The first-order chi connectivity index (χ1) is 12.4. The SMILES string of the molecule is C[C@@H](OC(=O)CNC(=O)c1ccc(Cl)cc1)C(=O)Nc1ccccc1Cl. The van der Waals surface area contributed by atoms with Gasteiger partial charge in [0, 0.05) is 10.6 Å². The topological polar surface area (TPSA) is 84.5 Å². The number of carbonyl (C=O) groups excluding carboxylic acids is 3. The Kier molecular flexibility index (Phi) is 7.00. The molecule has 0 aliphatic carbocycles. The van der Waals surface area contributed by atoms with Gasteiger partial charge in [0.25, 0.3) is 11.8 Å². The number of hydrogen-bond acceptors (Lipinski definition) is 4. The smallest absolute Gasteiger partial charge is 0.326 e. The molecule has 0 heterocycles. The number of rotatable bonds is 6. The van der Waals surface area contributed by atoms with Crippen LogP contribution in [0.2, 0.25) is 10.0 Å². The molecule has 2 aromatic carbocycles. The zero-order valence-corrected chi connectivity index (χ0v) is 15.3. The van der Waals surface area contributed by atoms with Crippen LogP contribution in [0, 0.1) is 0 Å². The second-order valence-electron chi connectivity index (χ2n) is 5.29. The van der Waals surface area contributed by atoms with E-state index in [1.165, 1.54) is 19.1 Å². The summed E-state index contributed by atoms with van der Waals surface area (Å²) < 4.78 is 5.00. The number of benzene rings is 2. The molecule has 0 bridgehead atoms. The molecular weight excluding hydrogens is 379 g/mol. The molecule has 0 unspecified atom stereocenters. The second-order valence-corrected chi connectivity index (χ2v) is 6.13. The van der Waals surface area contributed by atoms with Crippen LogP contribution in [0.25, 0.3) is 0 Å². The van der Waals surface area contributed by atoms with Crippen LogP contribution >= 0.6 is 23.2 Å². The van der Waals surface area contributed by atoms with Crippen LogP contribution in [0.15, 0.2) is 48.5 Å². The molecule has 6 nitrogen and oxygen atoms in total. The molecule has 1 atom stereocenters. The largest absolute Gasteiger partial charge is 0.451 e. The van der Waals surface area contributed by atoms with E-state index in [0.29, 0.717) is 21.3 Å². The van der Waals surface area contributed by atoms with Crippen LogP contribution in [-0.4, -0.2) is 30.4 Å². The maximum Gasteiger partial charge on any atom is 0.326 e. The Hall–Kier alpha value is -2.57. The third-order valence-corrected chi connectivity index (χ3v) is 3.89. The lowest BCUT2D eigenvalue weighted by Gasteiger charge is -2.14. The van der Waals surface area contributed by atoms with Gasteiger partial charge >= 0.3 is 5.97 Å². The molecule has 2 rings (SSSR count). The van der Waals surface area contributed by atoms with E-state index in [2.05, 4.69) is 10.6 Å². The van der Waals surface area contributed by atoms with Crippen molar-refractivity contribution in [2.45, 2.75) is 13.0 Å². The van der Waals surface area contributed by atoms with Crippen LogP contribution in [0.3, 0.4) is 0 Å². The number of carbonyl (C=O) groups is 3. The van der Waals surface area contributed by atoms with Crippen molar-refractivity contribution >= 4 is 46.7 Å². The van der Waals surface area contributed by atoms with Crippen molar-refractivity contribution in [3.8, 4) is 0 Å². The van der Waals surface area contributed by atoms with Crippen molar-refractivity contribution in [2.75, 3.05) is 11.9 Å². The highest BCUT2D eigenvalue weighted by molar-refractivity contribution is 6.33. The van der Waals surface area contributed by atoms with Crippen molar-refractivity contribution in [2.24, 2.45) is 0 Å². The molecular formula is C18H16Cl2N2O4. The van der Waals surface area contributed by atoms with Gasteiger partial charge in [-0.3, -0.25) is 14.4 Å². The quantitative estimate of drug-likeness (QED) is 0.736. The Labute approximate surface area is 160 Å². The van der Waals surface area contributed by atoms with Crippen LogP contribution in [0.5, 0.6) is 0 Å². The molecule has 2 aromatic rings. The fourth-order valence-electron chi connectivity index (χ4n) is 1.95. The lowest BCUT2D eigenvalue weighted by atomic mass is 10.2. The molecule has 0 saturated carbocycles. The molecule has 136 valence electrons. The van der Waals surface area contributed by atoms with Gasteiger partial charge in [-0.1, -0.05) is 35.3 Å². The Balaban J connectivity index is 1.81. The maximum atomic E-state index is 12.0. The molecule has 2 amide bonds. The summed E-state index contributed by atoms with van der Waals surface area (Å²) in [5.74, 6) is -1.73. The van der Waals surface area contributed by atoms with E-state index in [0.717, 1.165) is 0 Å². The summed E-state index contributed by atoms with van der Waals surface area (Å²) >= 11 is 11.7. The van der Waals surface area contributed by atoms with E-state index >= 15 is 0 Å². The zero-order chi connectivity index (χ0) is 19.1. The van der Waals surface area contributed by atoms with Crippen molar-refractivity contribution in [1.82, 2.24) is 5.32 Å². The van der Waals surface area contributed by atoms with Crippen LogP contribution in [-0.2, 0) is 14.3 Å². The number of anilines is 1. The third-order valence-electron chi connectivity index (χ3n) is 3.31. The summed E-state index contributed by atoms with van der Waals surface area (Å²) in [4.78, 5) is 35.8. The van der Waals surface area contributed by atoms with Gasteiger partial charge in [0.15, 0.2) is 6.10 Å². The van der Waals surface area contributed by atoms with E-state index in [9.17, 15) is 14.4 Å². The average Bonchev–Trinajstić information content (AvgIpc) is 2.62. The van der Waals surface area contributed by atoms with Gasteiger partial charge in [0.05, 0.1) is 10.7 Å². The number of nitrogens with one attached hydrogen (secondary N) is 2. The van der Waals surface area contributed by atoms with Gasteiger partial charge in [0.2, 0.25) is 0 Å². The van der Waals surface area contributed by atoms with Gasteiger partial charge in [-0.15, -0.1) is 0 Å². The van der Waals surface area contributed by atoms with Crippen LogP contribution < -0.4 is 10.6 Å². The summed E-state index contributed by atoms with van der Waals surface area (Å²) in [6.07, 6.45) is -1.05. The lowest BCUT2D eigenvalue weighted by molar-refractivity contribution is -0.152. The van der Waals surface area contributed by atoms with E-state index in [-0.39, 0.29) is 6.54 Å². The van der Waals surface area contributed by atoms with E-state index in [4.69, 9.17) is 27.9 Å². The fourth-order valence-corrected chi connectivity index (χ4v) is 2.25. The molecule has 0 aromatic heterocycles. The monoisotopic (exact) mass is 394 g/mol. The highest BCUT2D eigenvalue weighted by Crippen LogP contribution is 2.20. The van der Waals surface area contributed by atoms with Crippen molar-refractivity contribution in [1.29, 1.82) is 0 Å². The molecule has 0 aliphatic rings. The number of hydrogen-bond donors (Lipinski definition) is 2. The Morgan fingerprint density at radius 2 is 1.69 bits per heavy atom. The minimum absolute atomic E-state index is 0.353. The summed E-state index contributed by atoms with van der Waals surface area (Å²) in [6, 6.07) is 12.9. The predicted molar refractivity (Wildman–Crippen MR) is 99.4 cm³/mol. The molecule has 26 heavy (non-hydrogen) atoms. The highest BCUT2D eigenvalue weighted by Gasteiger charge is 2.19. The second kappa shape index (κ2) is 9.22. The summed E-state index contributed by atoms with van der Waals surface area (Å²) in [5, 5.41) is 5.84. The van der Waals surface area contributed by atoms with Crippen LogP contribution in [0.1, 0.15) is 17.3 Å². The van der Waals surface area contributed by atoms with E-state index in [1.807, 2.05) is 0 Å². The molecule has 2 N–H and O–H groups in total. The van der Waals surface area contributed by atoms with Gasteiger partial charge in [-0.25, -0.2) is 0 Å². The normalized spacial score (nSPS) is 11.3. The third kappa shape index (κ3) is 5.75. The number of amides is 2. The van der Waals surface area contributed by atoms with Crippen molar-refractivity contribution in [3.63, 3.8) is 0 Å². The molecule has 0 aliphatic heterocycles. The Morgan fingerprint density at radius 1 is 1.04 bits per heavy atom. The Bertz CT molecular complexity index is 809. The van der Waals surface area contributed by atoms with Gasteiger partial charge in [0.1, 0.15) is 6.54 Å². The molecule has 0 fully saturated rings. The first-order valence-corrected chi connectivity index (χ1v) is 8.41. The Morgan fingerprint density at radius 3 is 2.35 bits per heavy atom. The first-order valence-electron chi connectivity index (χ1n) is 7.65. The first kappa shape index (κ1) is 19.8. The fraction of sp³-hybridized carbons (Fsp3) is 0.167. The van der Waals surface area contributed by atoms with Gasteiger partial charge < -0.3 is 15.4 Å². The molecule has 0 saturated heterocycles. The van der Waals surface area contributed by atoms with Crippen molar-refractivity contribution in [3.05, 3.63) is 64.1 Å². The minimum Gasteiger partial charge on any atom is -0.451 e. The van der Waals surface area contributed by atoms with Crippen LogP contribution in [0.4, 0.5) is 5.69 Å². The number of esters is 1. The number of ether oxygens (including phenoxy) is 1. The molecule has 0 spiro atoms. The van der Waals surface area contributed by atoms with E-state index in [1.54, 1.807) is 36.4 Å². The number of halogens is 2. The minimum atomic E-state index is -1.05. The zero-order valence-electron chi connectivity index (χ0n) is 13.8. The van der Waals surface area contributed by atoms with E-state index < -0.39 is 23.9 Å². The lowest BCUT2D eigenvalue weighted by Crippen LogP contribution is -2.35. The predicted octanol–water partition coefficient (Wildman–Crippen LogP) is 3.29. The molecule has 8 heteroatoms. The van der Waals surface area contributed by atoms with Gasteiger partial charge in [-0.05, 0) is 43.3 Å². The number of para-hydroxylation sites is 1. The summed E-state index contributed by atoms with van der Waals surface area (Å²) in [7, 11) is 0. The highest BCUT2D eigenvalue weighted by atomic mass is 35.5. The standard InChI is InChI=1S/C18H16Cl2N2O4/c1-11(17(24)22-15-5-3-2-4-14(15)20)26-16(23)10-21-18(25)12-6-8-13(19)9-7-12/h2-9,11H,10H2,1H3,(H,21,25)(H,22,24)/t11-/m1/s1. The average molecular weight is 395 g/mol. The summed E-state index contributed by atoms with van der Waals surface area (Å²) in [6.45, 7) is 1.05. The summed E-state index contributed by atoms with van der Waals surface area (Å²) in [5.41, 5.74) is 0.768. The maximum absolute atomic E-state index is 12.0. The van der Waals surface area contributed by atoms with Gasteiger partial charge in [-0.2, -0.15) is 0 Å². The van der Waals surface area contributed by atoms with Crippen molar-refractivity contribution < 1.29 is 19.1 Å². The molecule has 0 radical (unpaired) electrons.